The predicted octanol–water partition coefficient (Wildman–Crippen LogP) is 3.46. The van der Waals surface area contributed by atoms with Gasteiger partial charge in [-0.25, -0.2) is 4.79 Å². The molecule has 0 fully saturated rings. The highest BCUT2D eigenvalue weighted by Gasteiger charge is 2.31. The molecule has 0 rings (SSSR count). The molecule has 2 unspecified atom stereocenters. The molecule has 106 valence electrons. The number of aliphatic hydroxyl groups excluding tert-OH is 1. The van der Waals surface area contributed by atoms with Gasteiger partial charge in [0.15, 0.2) is 0 Å². The van der Waals surface area contributed by atoms with Crippen LogP contribution in [0.15, 0.2) is 12.2 Å². The molecule has 0 heterocycles. The number of carbonyl (C=O) groups excluding carboxylic acids is 1. The van der Waals surface area contributed by atoms with Crippen LogP contribution in [-0.4, -0.2) is 23.8 Å². The lowest BCUT2D eigenvalue weighted by molar-refractivity contribution is -0.140. The van der Waals surface area contributed by atoms with E-state index in [2.05, 4.69) is 27.4 Å². The number of aliphatic hydroxyl groups is 1. The average Bonchev–Trinajstić information content (AvgIpc) is 2.29. The molecule has 3 nitrogen and oxygen atoms in total. The van der Waals surface area contributed by atoms with Crippen LogP contribution in [0.5, 0.6) is 0 Å². The van der Waals surface area contributed by atoms with E-state index in [0.29, 0.717) is 18.6 Å². The number of ether oxygens (including phenoxy) is 1. The molecule has 0 aromatic carbocycles. The summed E-state index contributed by atoms with van der Waals surface area (Å²) in [4.78, 5) is 11.3. The summed E-state index contributed by atoms with van der Waals surface area (Å²) >= 11 is 0. The second-order valence-electron chi connectivity index (χ2n) is 5.37. The van der Waals surface area contributed by atoms with E-state index < -0.39 is 0 Å². The van der Waals surface area contributed by atoms with E-state index >= 15 is 0 Å². The largest absolute Gasteiger partial charge is 0.462 e. The molecule has 1 N–H and O–H groups in total. The Bertz CT molecular complexity index is 273. The summed E-state index contributed by atoms with van der Waals surface area (Å²) in [5.41, 5.74) is 0.251. The minimum atomic E-state index is -0.348. The topological polar surface area (TPSA) is 46.5 Å². The number of hydrogen-bond acceptors (Lipinski definition) is 3. The molecule has 18 heavy (non-hydrogen) atoms. The quantitative estimate of drug-likeness (QED) is 0.507. The van der Waals surface area contributed by atoms with Crippen molar-refractivity contribution in [3.05, 3.63) is 12.2 Å². The summed E-state index contributed by atoms with van der Waals surface area (Å²) < 4.78 is 5.12. The van der Waals surface area contributed by atoms with E-state index in [1.165, 1.54) is 0 Å². The van der Waals surface area contributed by atoms with Crippen molar-refractivity contribution in [1.29, 1.82) is 0 Å². The fourth-order valence-electron chi connectivity index (χ4n) is 2.15. The first kappa shape index (κ1) is 17.2. The Morgan fingerprint density at radius 2 is 1.94 bits per heavy atom. The second-order valence-corrected chi connectivity index (χ2v) is 5.37. The van der Waals surface area contributed by atoms with Crippen LogP contribution in [0.1, 0.15) is 59.8 Å². The molecule has 2 atom stereocenters. The molecule has 0 aromatic rings. The van der Waals surface area contributed by atoms with Gasteiger partial charge in [-0.1, -0.05) is 40.2 Å². The molecule has 0 aliphatic carbocycles. The summed E-state index contributed by atoms with van der Waals surface area (Å²) in [5.74, 6) is -0.348. The van der Waals surface area contributed by atoms with Crippen LogP contribution in [-0.2, 0) is 9.53 Å². The van der Waals surface area contributed by atoms with Gasteiger partial charge in [-0.3, -0.25) is 0 Å². The van der Waals surface area contributed by atoms with Gasteiger partial charge in [0.25, 0.3) is 0 Å². The number of esters is 1. The van der Waals surface area contributed by atoms with E-state index in [0.717, 1.165) is 25.7 Å². The highest BCUT2D eigenvalue weighted by atomic mass is 16.5. The lowest BCUT2D eigenvalue weighted by Gasteiger charge is -2.34. The Morgan fingerprint density at radius 3 is 2.39 bits per heavy atom. The zero-order valence-electron chi connectivity index (χ0n) is 12.3. The van der Waals surface area contributed by atoms with Crippen LogP contribution >= 0.6 is 0 Å². The molecular weight excluding hydrogens is 228 g/mol. The first-order valence-electron chi connectivity index (χ1n) is 6.88. The number of rotatable bonds is 9. The van der Waals surface area contributed by atoms with Gasteiger partial charge in [0, 0.05) is 5.57 Å². The van der Waals surface area contributed by atoms with Gasteiger partial charge >= 0.3 is 5.97 Å². The first-order valence-corrected chi connectivity index (χ1v) is 6.88. The van der Waals surface area contributed by atoms with Crippen molar-refractivity contribution in [1.82, 2.24) is 0 Å². The second kappa shape index (κ2) is 8.30. The van der Waals surface area contributed by atoms with Crippen molar-refractivity contribution in [3.8, 4) is 0 Å². The molecule has 0 radical (unpaired) electrons. The standard InChI is InChI=1S/C15H28O3/c1-6-8-13(16)15(5,9-7-2)10-11-18-14(17)12(3)4/h13,16H,3,6-11H2,1-2,4-5H3. The van der Waals surface area contributed by atoms with E-state index in [9.17, 15) is 9.90 Å². The smallest absolute Gasteiger partial charge is 0.333 e. The Labute approximate surface area is 111 Å². The maximum Gasteiger partial charge on any atom is 0.333 e. The van der Waals surface area contributed by atoms with Crippen LogP contribution < -0.4 is 0 Å². The van der Waals surface area contributed by atoms with Crippen molar-refractivity contribution in [2.75, 3.05) is 6.61 Å². The molecule has 0 aliphatic heterocycles. The Morgan fingerprint density at radius 1 is 1.33 bits per heavy atom. The molecule has 0 amide bonds. The van der Waals surface area contributed by atoms with Crippen LogP contribution in [0.4, 0.5) is 0 Å². The summed E-state index contributed by atoms with van der Waals surface area (Å²) in [7, 11) is 0. The fourth-order valence-corrected chi connectivity index (χ4v) is 2.15. The van der Waals surface area contributed by atoms with Gasteiger partial charge in [0.1, 0.15) is 0 Å². The highest BCUT2D eigenvalue weighted by Crippen LogP contribution is 2.34. The molecule has 0 saturated heterocycles. The Balaban J connectivity index is 4.34. The van der Waals surface area contributed by atoms with Gasteiger partial charge in [-0.2, -0.15) is 0 Å². The molecule has 0 bridgehead atoms. The van der Waals surface area contributed by atoms with E-state index in [4.69, 9.17) is 4.74 Å². The summed E-state index contributed by atoms with van der Waals surface area (Å²) in [6.07, 6.45) is 4.09. The van der Waals surface area contributed by atoms with Gasteiger partial charge in [0.2, 0.25) is 0 Å². The summed E-state index contributed by atoms with van der Waals surface area (Å²) in [6, 6.07) is 0. The predicted molar refractivity (Wildman–Crippen MR) is 74.3 cm³/mol. The van der Waals surface area contributed by atoms with Gasteiger partial charge in [0.05, 0.1) is 12.7 Å². The monoisotopic (exact) mass is 256 g/mol. The van der Waals surface area contributed by atoms with Crippen molar-refractivity contribution in [2.24, 2.45) is 5.41 Å². The normalized spacial score (nSPS) is 15.8. The minimum Gasteiger partial charge on any atom is -0.462 e. The highest BCUT2D eigenvalue weighted by molar-refractivity contribution is 5.86. The Kier molecular flexibility index (Phi) is 7.92. The zero-order chi connectivity index (χ0) is 14.2. The lowest BCUT2D eigenvalue weighted by Crippen LogP contribution is -2.33. The lowest BCUT2D eigenvalue weighted by atomic mass is 9.76. The molecule has 0 saturated carbocycles. The van der Waals surface area contributed by atoms with Crippen LogP contribution in [0, 0.1) is 5.41 Å². The van der Waals surface area contributed by atoms with Gasteiger partial charge < -0.3 is 9.84 Å². The summed E-state index contributed by atoms with van der Waals surface area (Å²) in [5, 5.41) is 10.2. The first-order chi connectivity index (χ1) is 8.37. The van der Waals surface area contributed by atoms with E-state index in [1.807, 2.05) is 0 Å². The van der Waals surface area contributed by atoms with Gasteiger partial charge in [-0.15, -0.1) is 0 Å². The SMILES string of the molecule is C=C(C)C(=O)OCCC(C)(CCC)C(O)CCC. The maximum atomic E-state index is 11.3. The molecule has 0 aromatic heterocycles. The average molecular weight is 256 g/mol. The molecule has 3 heteroatoms. The van der Waals surface area contributed by atoms with E-state index in [-0.39, 0.29) is 17.5 Å². The van der Waals surface area contributed by atoms with Crippen LogP contribution in [0.3, 0.4) is 0 Å². The Hall–Kier alpha value is -0.830. The third-order valence-electron chi connectivity index (χ3n) is 3.44. The fraction of sp³-hybridized carbons (Fsp3) is 0.800. The molecule has 0 spiro atoms. The summed E-state index contributed by atoms with van der Waals surface area (Å²) in [6.45, 7) is 11.8. The zero-order valence-corrected chi connectivity index (χ0v) is 12.3. The molecular formula is C15H28O3. The van der Waals surface area contributed by atoms with Crippen molar-refractivity contribution in [2.45, 2.75) is 65.9 Å². The van der Waals surface area contributed by atoms with Crippen molar-refractivity contribution < 1.29 is 14.6 Å². The van der Waals surface area contributed by atoms with Crippen LogP contribution in [0.2, 0.25) is 0 Å². The van der Waals surface area contributed by atoms with Gasteiger partial charge in [-0.05, 0) is 31.6 Å². The third-order valence-corrected chi connectivity index (χ3v) is 3.44. The number of carbonyl (C=O) groups is 1. The third kappa shape index (κ3) is 5.67. The van der Waals surface area contributed by atoms with Crippen LogP contribution in [0.25, 0.3) is 0 Å². The molecule has 0 aliphatic rings. The van der Waals surface area contributed by atoms with Crippen molar-refractivity contribution >= 4 is 5.97 Å². The minimum absolute atomic E-state index is 0.167. The van der Waals surface area contributed by atoms with Crippen molar-refractivity contribution in [3.63, 3.8) is 0 Å². The maximum absolute atomic E-state index is 11.3. The number of hydrogen-bond donors (Lipinski definition) is 1. The van der Waals surface area contributed by atoms with E-state index in [1.54, 1.807) is 6.92 Å².